The van der Waals surface area contributed by atoms with Gasteiger partial charge in [0.15, 0.2) is 0 Å². The van der Waals surface area contributed by atoms with Crippen LogP contribution >= 0.6 is 12.1 Å². The molecule has 5 rings (SSSR count). The fraction of sp³-hybridized carbons (Fsp3) is 0.261. The molecular weight excluding hydrogens is 432 g/mol. The lowest BCUT2D eigenvalue weighted by atomic mass is 9.99. The molecule has 0 amide bonds. The maximum Gasteiger partial charge on any atom is 0.253 e. The predicted octanol–water partition coefficient (Wildman–Crippen LogP) is 5.59. The average Bonchev–Trinajstić information content (AvgIpc) is 3.25. The standard InChI is InChI=1S/C23H19F2N5OS/c1-14-11-27-12-22(28-14)31-18-5-3-16(10-26)19(8-18)15-4-6-20-21(7-15)29(2)32-30(20)13-17-9-23(17,24)25/h3-8,11-12,17H,9,13H2,1-2H3. The fourth-order valence-corrected chi connectivity index (χ4v) is 4.74. The molecule has 0 radical (unpaired) electrons. The fourth-order valence-electron chi connectivity index (χ4n) is 3.72. The normalized spacial score (nSPS) is 18.3. The number of benzene rings is 2. The summed E-state index contributed by atoms with van der Waals surface area (Å²) in [5, 5.41) is 9.63. The number of aromatic nitrogens is 2. The minimum atomic E-state index is -2.55. The van der Waals surface area contributed by atoms with Crippen molar-refractivity contribution in [3.63, 3.8) is 0 Å². The number of alkyl halides is 2. The Morgan fingerprint density at radius 2 is 2.03 bits per heavy atom. The number of rotatable bonds is 5. The van der Waals surface area contributed by atoms with Crippen molar-refractivity contribution in [3.05, 3.63) is 60.0 Å². The van der Waals surface area contributed by atoms with E-state index in [2.05, 4.69) is 16.0 Å². The summed E-state index contributed by atoms with van der Waals surface area (Å²) in [6, 6.07) is 13.3. The molecule has 2 aliphatic rings. The second kappa shape index (κ2) is 7.64. The van der Waals surface area contributed by atoms with E-state index in [0.717, 1.165) is 28.2 Å². The van der Waals surface area contributed by atoms with Crippen LogP contribution in [0.4, 0.5) is 20.2 Å². The van der Waals surface area contributed by atoms with Gasteiger partial charge < -0.3 is 4.74 Å². The molecule has 0 saturated heterocycles. The second-order valence-electron chi connectivity index (χ2n) is 7.93. The lowest BCUT2D eigenvalue weighted by Gasteiger charge is -2.16. The van der Waals surface area contributed by atoms with Crippen LogP contribution in [0.5, 0.6) is 11.6 Å². The number of halogens is 2. The van der Waals surface area contributed by atoms with Crippen LogP contribution in [0.3, 0.4) is 0 Å². The van der Waals surface area contributed by atoms with E-state index in [9.17, 15) is 14.0 Å². The number of aryl methyl sites for hydroxylation is 1. The largest absolute Gasteiger partial charge is 0.437 e. The monoisotopic (exact) mass is 451 g/mol. The highest BCUT2D eigenvalue weighted by atomic mass is 32.2. The van der Waals surface area contributed by atoms with Gasteiger partial charge in [0, 0.05) is 37.7 Å². The summed E-state index contributed by atoms with van der Waals surface area (Å²) in [4.78, 5) is 8.38. The molecule has 0 bridgehead atoms. The summed E-state index contributed by atoms with van der Waals surface area (Å²) >= 11 is 1.41. The van der Waals surface area contributed by atoms with E-state index >= 15 is 0 Å². The van der Waals surface area contributed by atoms with Crippen molar-refractivity contribution in [3.8, 4) is 28.8 Å². The first-order chi connectivity index (χ1) is 15.3. The number of fused-ring (bicyclic) bond motifs is 1. The molecule has 0 N–H and O–H groups in total. The van der Waals surface area contributed by atoms with E-state index in [4.69, 9.17) is 4.74 Å². The Morgan fingerprint density at radius 1 is 1.22 bits per heavy atom. The molecule has 1 atom stereocenters. The molecule has 6 nitrogen and oxygen atoms in total. The topological polar surface area (TPSA) is 65.3 Å². The summed E-state index contributed by atoms with van der Waals surface area (Å²) in [6.45, 7) is 2.13. The number of nitriles is 1. The zero-order valence-electron chi connectivity index (χ0n) is 17.4. The highest BCUT2D eigenvalue weighted by Crippen LogP contribution is 2.53. The first-order valence-electron chi connectivity index (χ1n) is 10.1. The van der Waals surface area contributed by atoms with Crippen molar-refractivity contribution in [2.75, 3.05) is 22.2 Å². The van der Waals surface area contributed by atoms with Gasteiger partial charge >= 0.3 is 0 Å². The summed E-state index contributed by atoms with van der Waals surface area (Å²) < 4.78 is 36.5. The number of nitrogens with zero attached hydrogens (tertiary/aromatic N) is 5. The molecular formula is C23H19F2N5OS. The third-order valence-electron chi connectivity index (χ3n) is 5.52. The predicted molar refractivity (Wildman–Crippen MR) is 120 cm³/mol. The average molecular weight is 452 g/mol. The first kappa shape index (κ1) is 20.5. The molecule has 1 fully saturated rings. The van der Waals surface area contributed by atoms with Crippen LogP contribution in [0.2, 0.25) is 0 Å². The highest BCUT2D eigenvalue weighted by Gasteiger charge is 2.57. The Labute approximate surface area is 188 Å². The Hall–Kier alpha value is -3.38. The van der Waals surface area contributed by atoms with Crippen LogP contribution in [0.25, 0.3) is 11.1 Å². The molecule has 2 aromatic carbocycles. The zero-order valence-corrected chi connectivity index (χ0v) is 18.2. The Morgan fingerprint density at radius 3 is 2.75 bits per heavy atom. The van der Waals surface area contributed by atoms with E-state index in [0.29, 0.717) is 23.7 Å². The zero-order chi connectivity index (χ0) is 22.5. The van der Waals surface area contributed by atoms with Gasteiger partial charge in [0.2, 0.25) is 5.88 Å². The lowest BCUT2D eigenvalue weighted by molar-refractivity contribution is 0.101. The number of hydrogen-bond acceptors (Lipinski definition) is 7. The molecule has 3 aromatic rings. The molecule has 1 unspecified atom stereocenters. The lowest BCUT2D eigenvalue weighted by Crippen LogP contribution is -2.18. The first-order valence-corrected chi connectivity index (χ1v) is 10.8. The number of hydrogen-bond donors (Lipinski definition) is 0. The number of anilines is 2. The maximum absolute atomic E-state index is 13.4. The third-order valence-corrected chi connectivity index (χ3v) is 6.51. The summed E-state index contributed by atoms with van der Waals surface area (Å²) in [5.41, 5.74) is 4.62. The minimum Gasteiger partial charge on any atom is -0.437 e. The van der Waals surface area contributed by atoms with Gasteiger partial charge in [-0.3, -0.25) is 13.6 Å². The van der Waals surface area contributed by atoms with Crippen molar-refractivity contribution in [1.29, 1.82) is 5.26 Å². The van der Waals surface area contributed by atoms with Crippen LogP contribution in [0.15, 0.2) is 48.8 Å². The smallest absolute Gasteiger partial charge is 0.253 e. The van der Waals surface area contributed by atoms with E-state index in [1.807, 2.05) is 40.8 Å². The molecule has 1 saturated carbocycles. The minimum absolute atomic E-state index is 0.0508. The maximum atomic E-state index is 13.4. The van der Waals surface area contributed by atoms with Crippen LogP contribution < -0.4 is 13.3 Å². The van der Waals surface area contributed by atoms with Crippen molar-refractivity contribution in [2.45, 2.75) is 19.3 Å². The van der Waals surface area contributed by atoms with Gasteiger partial charge in [0.25, 0.3) is 5.92 Å². The molecule has 32 heavy (non-hydrogen) atoms. The van der Waals surface area contributed by atoms with E-state index in [1.54, 1.807) is 24.4 Å². The van der Waals surface area contributed by atoms with E-state index in [1.165, 1.54) is 18.3 Å². The molecule has 2 heterocycles. The van der Waals surface area contributed by atoms with Crippen molar-refractivity contribution >= 4 is 23.5 Å². The van der Waals surface area contributed by atoms with Gasteiger partial charge in [-0.2, -0.15) is 5.26 Å². The van der Waals surface area contributed by atoms with Crippen LogP contribution in [-0.4, -0.2) is 29.5 Å². The van der Waals surface area contributed by atoms with E-state index < -0.39 is 11.8 Å². The van der Waals surface area contributed by atoms with Gasteiger partial charge in [0.05, 0.1) is 47.0 Å². The molecule has 0 spiro atoms. The van der Waals surface area contributed by atoms with Crippen molar-refractivity contribution in [2.24, 2.45) is 5.92 Å². The Kier molecular flexibility index (Phi) is 4.90. The van der Waals surface area contributed by atoms with E-state index in [-0.39, 0.29) is 6.42 Å². The summed E-state index contributed by atoms with van der Waals surface area (Å²) in [5.74, 6) is -2.23. The summed E-state index contributed by atoms with van der Waals surface area (Å²) in [6.07, 6.45) is 3.12. The Balaban J connectivity index is 1.45. The quantitative estimate of drug-likeness (QED) is 0.469. The highest BCUT2D eigenvalue weighted by molar-refractivity contribution is 8.02. The molecule has 9 heteroatoms. The molecule has 1 aliphatic heterocycles. The van der Waals surface area contributed by atoms with Gasteiger partial charge in [-0.05, 0) is 42.8 Å². The van der Waals surface area contributed by atoms with Gasteiger partial charge in [-0.1, -0.05) is 6.07 Å². The third kappa shape index (κ3) is 3.82. The number of ether oxygens (including phenoxy) is 1. The van der Waals surface area contributed by atoms with Crippen LogP contribution in [0.1, 0.15) is 17.7 Å². The van der Waals surface area contributed by atoms with Gasteiger partial charge in [-0.15, -0.1) is 0 Å². The van der Waals surface area contributed by atoms with Crippen molar-refractivity contribution < 1.29 is 13.5 Å². The van der Waals surface area contributed by atoms with Crippen molar-refractivity contribution in [1.82, 2.24) is 9.97 Å². The van der Waals surface area contributed by atoms with Crippen LogP contribution in [-0.2, 0) is 0 Å². The van der Waals surface area contributed by atoms with Crippen LogP contribution in [0, 0.1) is 24.2 Å². The summed E-state index contributed by atoms with van der Waals surface area (Å²) in [7, 11) is 1.90. The SMILES string of the molecule is Cc1cncc(Oc2ccc(C#N)c(-c3ccc4c(c3)N(C)SN4CC3CC3(F)F)c2)n1. The Bertz CT molecular complexity index is 1250. The molecule has 162 valence electrons. The second-order valence-corrected chi connectivity index (χ2v) is 9.08. The molecule has 1 aromatic heterocycles. The van der Waals surface area contributed by atoms with Gasteiger partial charge in [0.1, 0.15) is 5.75 Å². The molecule has 1 aliphatic carbocycles. The van der Waals surface area contributed by atoms with Gasteiger partial charge in [-0.25, -0.2) is 13.8 Å².